The van der Waals surface area contributed by atoms with Crippen LogP contribution in [0, 0.1) is 22.7 Å². The van der Waals surface area contributed by atoms with E-state index in [9.17, 15) is 23.2 Å². The van der Waals surface area contributed by atoms with Gasteiger partial charge >= 0.3 is 12.1 Å². The molecule has 0 spiro atoms. The van der Waals surface area contributed by atoms with Crippen LogP contribution in [0.1, 0.15) is 28.5 Å². The Morgan fingerprint density at radius 3 is 2.52 bits per heavy atom. The topological polar surface area (TPSA) is 78.8 Å². The van der Waals surface area contributed by atoms with Crippen molar-refractivity contribution in [3.8, 4) is 12.1 Å². The lowest BCUT2D eigenvalue weighted by molar-refractivity contribution is -0.140. The van der Waals surface area contributed by atoms with Gasteiger partial charge in [0.2, 0.25) is 0 Å². The lowest BCUT2D eigenvalue weighted by Crippen LogP contribution is -2.21. The molecule has 0 fully saturated rings. The Morgan fingerprint density at radius 1 is 1.30 bits per heavy atom. The van der Waals surface area contributed by atoms with Gasteiger partial charge in [0.1, 0.15) is 24.4 Å². The van der Waals surface area contributed by atoms with Gasteiger partial charge < -0.3 is 9.30 Å². The molecule has 0 aliphatic carbocycles. The Kier molecular flexibility index (Phi) is 4.28. The minimum Gasteiger partial charge on any atom is -0.461 e. The fourth-order valence-electron chi connectivity index (χ4n) is 2.27. The first kappa shape index (κ1) is 16.4. The Balaban J connectivity index is 2.79. The molecule has 0 aliphatic heterocycles. The lowest BCUT2D eigenvalue weighted by Gasteiger charge is -2.12. The molecule has 0 amide bonds. The number of nitrogens with zero attached hydrogens (tertiary/aromatic N) is 3. The highest BCUT2D eigenvalue weighted by molar-refractivity contribution is 5.98. The molecule has 5 nitrogen and oxygen atoms in total. The van der Waals surface area contributed by atoms with Crippen LogP contribution in [-0.4, -0.2) is 23.3 Å². The maximum atomic E-state index is 12.8. The van der Waals surface area contributed by atoms with Crippen molar-refractivity contribution in [2.45, 2.75) is 19.6 Å². The number of alkyl halides is 3. The summed E-state index contributed by atoms with van der Waals surface area (Å²) in [7, 11) is 0. The van der Waals surface area contributed by atoms with Gasteiger partial charge in [0.15, 0.2) is 0 Å². The van der Waals surface area contributed by atoms with Crippen molar-refractivity contribution >= 4 is 16.9 Å². The number of carbonyl (C=O) groups excluding carboxylic acids is 1. The second-order valence-corrected chi connectivity index (χ2v) is 4.60. The zero-order valence-corrected chi connectivity index (χ0v) is 11.9. The Bertz CT molecular complexity index is 854. The smallest absolute Gasteiger partial charge is 0.406 e. The van der Waals surface area contributed by atoms with Crippen LogP contribution in [0.5, 0.6) is 0 Å². The van der Waals surface area contributed by atoms with E-state index in [2.05, 4.69) is 0 Å². The maximum absolute atomic E-state index is 12.8. The van der Waals surface area contributed by atoms with Crippen molar-refractivity contribution in [2.75, 3.05) is 6.61 Å². The number of ether oxygens (including phenoxy) is 1. The van der Waals surface area contributed by atoms with Crippen LogP contribution >= 0.6 is 0 Å². The summed E-state index contributed by atoms with van der Waals surface area (Å²) >= 11 is 0. The number of halogens is 3. The molecule has 0 saturated carbocycles. The number of fused-ring (bicyclic) bond motifs is 1. The lowest BCUT2D eigenvalue weighted by atomic mass is 10.1. The van der Waals surface area contributed by atoms with Gasteiger partial charge in [-0.2, -0.15) is 23.7 Å². The number of aromatic nitrogens is 1. The monoisotopic (exact) mass is 321 g/mol. The highest BCUT2D eigenvalue weighted by atomic mass is 19.4. The van der Waals surface area contributed by atoms with E-state index >= 15 is 0 Å². The minimum atomic E-state index is -4.56. The van der Waals surface area contributed by atoms with Crippen molar-refractivity contribution in [3.63, 3.8) is 0 Å². The van der Waals surface area contributed by atoms with Crippen molar-refractivity contribution in [1.82, 2.24) is 4.57 Å². The summed E-state index contributed by atoms with van der Waals surface area (Å²) in [5.41, 5.74) is -0.317. The van der Waals surface area contributed by atoms with Gasteiger partial charge in [-0.1, -0.05) is 0 Å². The third-order valence-corrected chi connectivity index (χ3v) is 3.14. The van der Waals surface area contributed by atoms with Gasteiger partial charge in [-0.25, -0.2) is 4.79 Å². The number of hydrogen-bond acceptors (Lipinski definition) is 4. The predicted octanol–water partition coefficient (Wildman–Crippen LogP) is 3.12. The van der Waals surface area contributed by atoms with Gasteiger partial charge in [-0.05, 0) is 25.1 Å². The van der Waals surface area contributed by atoms with E-state index < -0.39 is 18.7 Å². The first-order valence-electron chi connectivity index (χ1n) is 6.52. The third-order valence-electron chi connectivity index (χ3n) is 3.14. The van der Waals surface area contributed by atoms with Crippen molar-refractivity contribution in [1.29, 1.82) is 10.5 Å². The largest absolute Gasteiger partial charge is 0.461 e. The molecule has 0 saturated heterocycles. The molecule has 23 heavy (non-hydrogen) atoms. The summed E-state index contributed by atoms with van der Waals surface area (Å²) in [6.07, 6.45) is -4.56. The molecule has 1 heterocycles. The predicted molar refractivity (Wildman–Crippen MR) is 73.4 cm³/mol. The number of nitriles is 2. The van der Waals surface area contributed by atoms with Crippen LogP contribution in [0.4, 0.5) is 13.2 Å². The van der Waals surface area contributed by atoms with Gasteiger partial charge in [0.25, 0.3) is 0 Å². The summed E-state index contributed by atoms with van der Waals surface area (Å²) in [6.45, 7) is 0.130. The molecule has 118 valence electrons. The van der Waals surface area contributed by atoms with E-state index in [-0.39, 0.29) is 34.3 Å². The normalized spacial score (nSPS) is 11.0. The zero-order valence-electron chi connectivity index (χ0n) is 11.9. The van der Waals surface area contributed by atoms with E-state index in [1.54, 1.807) is 12.1 Å². The van der Waals surface area contributed by atoms with Gasteiger partial charge in [0.05, 0.1) is 23.3 Å². The Labute approximate surface area is 129 Å². The van der Waals surface area contributed by atoms with Crippen molar-refractivity contribution < 1.29 is 22.7 Å². The molecule has 2 rings (SSSR count). The maximum Gasteiger partial charge on any atom is 0.406 e. The molecule has 1 aromatic carbocycles. The van der Waals surface area contributed by atoms with Gasteiger partial charge in [0, 0.05) is 5.39 Å². The number of benzene rings is 1. The van der Waals surface area contributed by atoms with E-state index in [0.717, 1.165) is 10.6 Å². The summed E-state index contributed by atoms with van der Waals surface area (Å²) in [5.74, 6) is -0.921. The molecule has 0 radical (unpaired) electrons. The van der Waals surface area contributed by atoms with Crippen molar-refractivity contribution in [3.05, 3.63) is 35.0 Å². The summed E-state index contributed by atoms with van der Waals surface area (Å²) in [5, 5.41) is 18.3. The summed E-state index contributed by atoms with van der Waals surface area (Å²) < 4.78 is 44.0. The van der Waals surface area contributed by atoms with Crippen LogP contribution in [0.15, 0.2) is 18.2 Å². The van der Waals surface area contributed by atoms with Gasteiger partial charge in [-0.3, -0.25) is 0 Å². The molecule has 0 bridgehead atoms. The second-order valence-electron chi connectivity index (χ2n) is 4.60. The quantitative estimate of drug-likeness (QED) is 0.814. The molecule has 0 unspecified atom stereocenters. The standard InChI is InChI=1S/C15H10F3N3O2/c1-2-23-14(22)13-5-10-11(7-20)9(6-19)3-4-12(10)21(13)8-15(16,17)18/h3-5H,2,8H2,1H3. The van der Waals surface area contributed by atoms with Gasteiger partial charge in [-0.15, -0.1) is 0 Å². The average Bonchev–Trinajstić information content (AvgIpc) is 2.83. The molecule has 2 aromatic rings. The summed E-state index contributed by atoms with van der Waals surface area (Å²) in [6, 6.07) is 7.28. The molecule has 0 atom stereocenters. The Morgan fingerprint density at radius 2 is 2.00 bits per heavy atom. The number of esters is 1. The first-order valence-corrected chi connectivity index (χ1v) is 6.52. The van der Waals surface area contributed by atoms with Crippen molar-refractivity contribution in [2.24, 2.45) is 0 Å². The van der Waals surface area contributed by atoms with E-state index in [4.69, 9.17) is 10.00 Å². The highest BCUT2D eigenvalue weighted by Crippen LogP contribution is 2.29. The van der Waals surface area contributed by atoms with Crippen LogP contribution < -0.4 is 0 Å². The number of carbonyl (C=O) groups is 1. The first-order chi connectivity index (χ1) is 10.8. The van der Waals surface area contributed by atoms with E-state index in [1.165, 1.54) is 19.1 Å². The fourth-order valence-corrected chi connectivity index (χ4v) is 2.27. The fraction of sp³-hybridized carbons (Fsp3) is 0.267. The Hall–Kier alpha value is -3.00. The minimum absolute atomic E-state index is 0.000922. The highest BCUT2D eigenvalue weighted by Gasteiger charge is 2.32. The summed E-state index contributed by atoms with van der Waals surface area (Å²) in [4.78, 5) is 11.9. The molecular formula is C15H10F3N3O2. The number of hydrogen-bond donors (Lipinski definition) is 0. The molecule has 0 aliphatic rings. The van der Waals surface area contributed by atoms with Crippen LogP contribution in [0.2, 0.25) is 0 Å². The van der Waals surface area contributed by atoms with Crippen LogP contribution in [0.25, 0.3) is 10.9 Å². The third kappa shape index (κ3) is 3.11. The van der Waals surface area contributed by atoms with E-state index in [0.29, 0.717) is 0 Å². The molecule has 1 aromatic heterocycles. The average molecular weight is 321 g/mol. The molecule has 0 N–H and O–H groups in total. The number of rotatable bonds is 3. The second kappa shape index (κ2) is 6.01. The molecule has 8 heteroatoms. The SMILES string of the molecule is CCOC(=O)c1cc2c(C#N)c(C#N)ccc2n1CC(F)(F)F. The molecular weight excluding hydrogens is 311 g/mol. The zero-order chi connectivity index (χ0) is 17.2. The van der Waals surface area contributed by atoms with Crippen LogP contribution in [-0.2, 0) is 11.3 Å². The van der Waals surface area contributed by atoms with E-state index in [1.807, 2.05) is 0 Å². The van der Waals surface area contributed by atoms with Crippen LogP contribution in [0.3, 0.4) is 0 Å².